The Labute approximate surface area is 140 Å². The van der Waals surface area contributed by atoms with Gasteiger partial charge in [-0.1, -0.05) is 12.1 Å². The number of pyridine rings is 1. The lowest BCUT2D eigenvalue weighted by atomic mass is 10.1. The monoisotopic (exact) mass is 376 g/mol. The molecule has 0 aliphatic rings. The number of benzene rings is 1. The third-order valence-corrected chi connectivity index (χ3v) is 3.87. The summed E-state index contributed by atoms with van der Waals surface area (Å²) in [6, 6.07) is 8.91. The summed E-state index contributed by atoms with van der Waals surface area (Å²) in [6.45, 7) is 1.01. The van der Waals surface area contributed by atoms with E-state index in [0.29, 0.717) is 10.2 Å². The minimum Gasteiger partial charge on any atom is -0.493 e. The van der Waals surface area contributed by atoms with Gasteiger partial charge in [0, 0.05) is 10.0 Å². The molecule has 118 valence electrons. The highest BCUT2D eigenvalue weighted by Crippen LogP contribution is 2.29. The highest BCUT2D eigenvalue weighted by Gasteiger charge is 2.18. The van der Waals surface area contributed by atoms with Crippen LogP contribution in [-0.2, 0) is 6.54 Å². The van der Waals surface area contributed by atoms with Crippen LogP contribution in [0, 0.1) is 18.3 Å². The number of aromatic nitrogens is 1. The van der Waals surface area contributed by atoms with Gasteiger partial charge in [0.05, 0.1) is 18.8 Å². The zero-order valence-electron chi connectivity index (χ0n) is 12.2. The van der Waals surface area contributed by atoms with Gasteiger partial charge in [-0.05, 0) is 35.0 Å². The summed E-state index contributed by atoms with van der Waals surface area (Å²) >= 11 is 3.32. The van der Waals surface area contributed by atoms with Crippen molar-refractivity contribution in [3.8, 4) is 11.9 Å². The first kappa shape index (κ1) is 16.9. The Balaban J connectivity index is 2.63. The Morgan fingerprint density at radius 3 is 2.65 bits per heavy atom. The van der Waals surface area contributed by atoms with Gasteiger partial charge in [-0.3, -0.25) is 9.36 Å². The van der Waals surface area contributed by atoms with Crippen molar-refractivity contribution >= 4 is 27.3 Å². The van der Waals surface area contributed by atoms with Crippen LogP contribution < -0.4 is 5.56 Å². The van der Waals surface area contributed by atoms with Crippen LogP contribution in [0.3, 0.4) is 0 Å². The molecular formula is C15H13BrN4O3. The Bertz CT molecular complexity index is 868. The maximum atomic E-state index is 12.4. The Hall–Kier alpha value is -2.50. The number of nitrogens with zero attached hydrogens (tertiary/aromatic N) is 4. The molecule has 0 spiro atoms. The van der Waals surface area contributed by atoms with Crippen LogP contribution in [0.25, 0.3) is 0 Å². The molecule has 0 aliphatic carbocycles. The summed E-state index contributed by atoms with van der Waals surface area (Å²) in [5.74, 6) is -0.483. The number of nitriles is 1. The number of rotatable bonds is 4. The van der Waals surface area contributed by atoms with Gasteiger partial charge in [-0.15, -0.1) is 10.2 Å². The van der Waals surface area contributed by atoms with Gasteiger partial charge < -0.3 is 10.2 Å². The van der Waals surface area contributed by atoms with Crippen LogP contribution >= 0.6 is 15.9 Å². The Morgan fingerprint density at radius 1 is 1.35 bits per heavy atom. The molecule has 1 aromatic heterocycles. The first-order chi connectivity index (χ1) is 11.0. The summed E-state index contributed by atoms with van der Waals surface area (Å²) in [7, 11) is 0. The molecule has 8 heteroatoms. The maximum Gasteiger partial charge on any atom is 0.281 e. The molecule has 0 radical (unpaired) electrons. The smallest absolute Gasteiger partial charge is 0.281 e. The van der Waals surface area contributed by atoms with Gasteiger partial charge in [0.1, 0.15) is 11.6 Å². The van der Waals surface area contributed by atoms with E-state index in [4.69, 9.17) is 10.4 Å². The number of hydrogen-bond acceptors (Lipinski definition) is 6. The highest BCUT2D eigenvalue weighted by atomic mass is 79.9. The molecule has 0 aliphatic heterocycles. The number of aliphatic hydroxyl groups excluding tert-OH is 1. The molecule has 0 unspecified atom stereocenters. The topological polar surface area (TPSA) is 111 Å². The molecule has 23 heavy (non-hydrogen) atoms. The van der Waals surface area contributed by atoms with Gasteiger partial charge in [0.25, 0.3) is 5.56 Å². The zero-order chi connectivity index (χ0) is 17.0. The molecular weight excluding hydrogens is 364 g/mol. The fourth-order valence-electron chi connectivity index (χ4n) is 2.00. The number of halogens is 1. The Morgan fingerprint density at radius 2 is 2.04 bits per heavy atom. The lowest BCUT2D eigenvalue weighted by molar-refractivity contribution is 0.263. The molecule has 0 fully saturated rings. The molecule has 0 bridgehead atoms. The standard InChI is InChI=1S/C15H13BrN4O3/c1-9-10(8-17)14(22)20(6-7-21)15(23)13(9)19-18-12-5-3-2-4-11(12)16/h2-5,21-22H,6-7H2,1H3. The maximum absolute atomic E-state index is 12.4. The fourth-order valence-corrected chi connectivity index (χ4v) is 2.37. The number of hydrogen-bond donors (Lipinski definition) is 2. The normalized spacial score (nSPS) is 10.9. The lowest BCUT2D eigenvalue weighted by Gasteiger charge is -2.11. The molecule has 7 nitrogen and oxygen atoms in total. The van der Waals surface area contributed by atoms with E-state index in [1.807, 2.05) is 12.1 Å². The molecule has 1 aromatic carbocycles. The van der Waals surface area contributed by atoms with Gasteiger partial charge in [0.2, 0.25) is 5.88 Å². The van der Waals surface area contributed by atoms with Crippen LogP contribution in [0.15, 0.2) is 43.8 Å². The summed E-state index contributed by atoms with van der Waals surface area (Å²) < 4.78 is 1.61. The van der Waals surface area contributed by atoms with E-state index in [9.17, 15) is 9.90 Å². The van der Waals surface area contributed by atoms with Crippen molar-refractivity contribution < 1.29 is 10.2 Å². The van der Waals surface area contributed by atoms with E-state index >= 15 is 0 Å². The van der Waals surface area contributed by atoms with E-state index in [-0.39, 0.29) is 30.0 Å². The Kier molecular flexibility index (Phi) is 5.26. The van der Waals surface area contributed by atoms with Gasteiger partial charge >= 0.3 is 0 Å². The molecule has 0 atom stereocenters. The molecule has 0 saturated carbocycles. The molecule has 2 aromatic rings. The number of azo groups is 1. The van der Waals surface area contributed by atoms with Crippen LogP contribution in [-0.4, -0.2) is 21.4 Å². The first-order valence-electron chi connectivity index (χ1n) is 6.64. The van der Waals surface area contributed by atoms with Crippen molar-refractivity contribution in [2.24, 2.45) is 10.2 Å². The summed E-state index contributed by atoms with van der Waals surface area (Å²) in [4.78, 5) is 12.4. The quantitative estimate of drug-likeness (QED) is 0.798. The summed E-state index contributed by atoms with van der Waals surface area (Å²) in [6.07, 6.45) is 0. The second-order valence-electron chi connectivity index (χ2n) is 4.62. The van der Waals surface area contributed by atoms with Gasteiger partial charge in [0.15, 0.2) is 5.69 Å². The van der Waals surface area contributed by atoms with Gasteiger partial charge in [-0.25, -0.2) is 0 Å². The minimum atomic E-state index is -0.621. The van der Waals surface area contributed by atoms with Crippen molar-refractivity contribution in [3.05, 3.63) is 50.2 Å². The molecule has 0 amide bonds. The summed E-state index contributed by atoms with van der Waals surface area (Å²) in [5, 5.41) is 36.1. The van der Waals surface area contributed by atoms with Crippen molar-refractivity contribution in [1.29, 1.82) is 5.26 Å². The van der Waals surface area contributed by atoms with Crippen LogP contribution in [0.5, 0.6) is 5.88 Å². The van der Waals surface area contributed by atoms with Crippen molar-refractivity contribution in [3.63, 3.8) is 0 Å². The molecule has 0 saturated heterocycles. The molecule has 2 rings (SSSR count). The predicted molar refractivity (Wildman–Crippen MR) is 87.2 cm³/mol. The van der Waals surface area contributed by atoms with Crippen molar-refractivity contribution in [2.75, 3.05) is 6.61 Å². The average Bonchev–Trinajstić information content (AvgIpc) is 2.53. The number of aliphatic hydroxyl groups is 1. The second kappa shape index (κ2) is 7.17. The van der Waals surface area contributed by atoms with Crippen molar-refractivity contribution in [1.82, 2.24) is 4.57 Å². The van der Waals surface area contributed by atoms with Crippen LogP contribution in [0.2, 0.25) is 0 Å². The van der Waals surface area contributed by atoms with Crippen LogP contribution in [0.1, 0.15) is 11.1 Å². The third-order valence-electron chi connectivity index (χ3n) is 3.20. The van der Waals surface area contributed by atoms with E-state index in [1.165, 1.54) is 6.92 Å². The third kappa shape index (κ3) is 3.31. The molecule has 1 heterocycles. The largest absolute Gasteiger partial charge is 0.493 e. The van der Waals surface area contributed by atoms with Gasteiger partial charge in [-0.2, -0.15) is 5.26 Å². The number of aromatic hydroxyl groups is 1. The van der Waals surface area contributed by atoms with Crippen LogP contribution in [0.4, 0.5) is 11.4 Å². The minimum absolute atomic E-state index is 0.0523. The highest BCUT2D eigenvalue weighted by molar-refractivity contribution is 9.10. The SMILES string of the molecule is Cc1c(C#N)c(O)n(CCO)c(=O)c1N=Nc1ccccc1Br. The average molecular weight is 377 g/mol. The van der Waals surface area contributed by atoms with E-state index in [2.05, 4.69) is 26.2 Å². The van der Waals surface area contributed by atoms with E-state index < -0.39 is 11.4 Å². The van der Waals surface area contributed by atoms with E-state index in [0.717, 1.165) is 4.57 Å². The second-order valence-corrected chi connectivity index (χ2v) is 5.47. The summed E-state index contributed by atoms with van der Waals surface area (Å²) in [5.41, 5.74) is 0.0121. The zero-order valence-corrected chi connectivity index (χ0v) is 13.8. The van der Waals surface area contributed by atoms with E-state index in [1.54, 1.807) is 18.2 Å². The molecule has 2 N–H and O–H groups in total. The predicted octanol–water partition coefficient (Wildman–Crippen LogP) is 2.90. The lowest BCUT2D eigenvalue weighted by Crippen LogP contribution is -2.23. The van der Waals surface area contributed by atoms with Crippen molar-refractivity contribution in [2.45, 2.75) is 13.5 Å². The fraction of sp³-hybridized carbons (Fsp3) is 0.200. The first-order valence-corrected chi connectivity index (χ1v) is 7.44.